The molecule has 0 saturated heterocycles. The number of fused-ring (bicyclic) bond motifs is 2. The first kappa shape index (κ1) is 18.7. The van der Waals surface area contributed by atoms with Gasteiger partial charge in [-0.15, -0.1) is 0 Å². The van der Waals surface area contributed by atoms with Gasteiger partial charge in [0, 0.05) is 11.1 Å². The number of hydrogen-bond acceptors (Lipinski definition) is 3. The molecule has 0 saturated carbocycles. The van der Waals surface area contributed by atoms with E-state index >= 15 is 0 Å². The van der Waals surface area contributed by atoms with Crippen LogP contribution in [0.25, 0.3) is 32.8 Å². The lowest BCUT2D eigenvalue weighted by Gasteiger charge is -2.12. The van der Waals surface area contributed by atoms with E-state index in [1.807, 2.05) is 43.3 Å². The highest BCUT2D eigenvalue weighted by Crippen LogP contribution is 2.30. The number of para-hydroxylation sites is 1. The molecule has 0 aliphatic rings. The average Bonchev–Trinajstić information content (AvgIpc) is 2.79. The Morgan fingerprint density at radius 2 is 1.43 bits per heavy atom. The standard InChI is InChI=1S/C16H12O.C10H9NO.Al/c17-14-10-8-13(9-11-14)16-7-3-5-12-4-1-2-6-15(12)16;1-7-5-6-8-3-2-4-9(12)10(8)11-7;/h1-11,17H;2-6,12H,1H3;/q;;+2/p-2. The van der Waals surface area contributed by atoms with Crippen LogP contribution in [0.4, 0.5) is 0 Å². The molecule has 1 aromatic heterocycles. The van der Waals surface area contributed by atoms with Crippen LogP contribution in [0.5, 0.6) is 11.5 Å². The summed E-state index contributed by atoms with van der Waals surface area (Å²) in [6.45, 7) is 1.98. The third kappa shape index (κ3) is 3.76. The van der Waals surface area contributed by atoms with Crippen LogP contribution in [-0.2, 0) is 0 Å². The summed E-state index contributed by atoms with van der Waals surface area (Å²) in [6, 6.07) is 33.1. The van der Waals surface area contributed by atoms with Crippen molar-refractivity contribution in [2.75, 3.05) is 0 Å². The lowest BCUT2D eigenvalue weighted by atomic mass is 9.98. The van der Waals surface area contributed by atoms with Crippen LogP contribution in [0.15, 0.2) is 97.1 Å². The third-order valence-corrected chi connectivity index (χ3v) is 5.86. The van der Waals surface area contributed by atoms with Gasteiger partial charge in [-0.25, -0.2) is 4.98 Å². The summed E-state index contributed by atoms with van der Waals surface area (Å²) < 4.78 is 11.9. The molecule has 0 atom stereocenters. The van der Waals surface area contributed by atoms with Crippen molar-refractivity contribution in [3.8, 4) is 22.6 Å². The maximum absolute atomic E-state index is 5.95. The van der Waals surface area contributed by atoms with E-state index in [4.69, 9.17) is 7.58 Å². The van der Waals surface area contributed by atoms with E-state index in [1.54, 1.807) is 0 Å². The third-order valence-electron chi connectivity index (χ3n) is 5.14. The zero-order chi connectivity index (χ0) is 20.3. The van der Waals surface area contributed by atoms with Crippen LogP contribution in [0.3, 0.4) is 0 Å². The topological polar surface area (TPSA) is 31.4 Å². The van der Waals surface area contributed by atoms with Gasteiger partial charge < -0.3 is 7.58 Å². The molecule has 0 unspecified atom stereocenters. The van der Waals surface area contributed by atoms with Gasteiger partial charge in [-0.3, -0.25) is 0 Å². The fraction of sp³-hybridized carbons (Fsp3) is 0.0385. The predicted octanol–water partition coefficient (Wildman–Crippen LogP) is 6.36. The second kappa shape index (κ2) is 8.20. The fourth-order valence-corrected chi connectivity index (χ4v) is 4.24. The van der Waals surface area contributed by atoms with Crippen molar-refractivity contribution in [1.82, 2.24) is 4.98 Å². The molecule has 5 rings (SSSR count). The highest BCUT2D eigenvalue weighted by molar-refractivity contribution is 6.21. The van der Waals surface area contributed by atoms with Gasteiger partial charge in [0.1, 0.15) is 11.3 Å². The molecule has 4 aromatic carbocycles. The van der Waals surface area contributed by atoms with Gasteiger partial charge in [0.15, 0.2) is 0 Å². The van der Waals surface area contributed by atoms with Crippen molar-refractivity contribution in [2.45, 2.75) is 6.92 Å². The van der Waals surface area contributed by atoms with E-state index in [0.29, 0.717) is 0 Å². The lowest BCUT2D eigenvalue weighted by Crippen LogP contribution is -2.11. The van der Waals surface area contributed by atoms with Gasteiger partial charge in [0.05, 0.1) is 5.75 Å². The second-order valence-electron chi connectivity index (χ2n) is 7.16. The van der Waals surface area contributed by atoms with Crippen LogP contribution in [0.2, 0.25) is 0 Å². The van der Waals surface area contributed by atoms with Gasteiger partial charge in [0.25, 0.3) is 0 Å². The average molecular weight is 404 g/mol. The quantitative estimate of drug-likeness (QED) is 0.320. The van der Waals surface area contributed by atoms with Crippen molar-refractivity contribution in [1.29, 1.82) is 0 Å². The molecule has 0 amide bonds. The Balaban J connectivity index is 1.31. The smallest absolute Gasteiger partial charge is 0.616 e. The van der Waals surface area contributed by atoms with Crippen molar-refractivity contribution in [2.24, 2.45) is 0 Å². The van der Waals surface area contributed by atoms with Crippen molar-refractivity contribution < 1.29 is 7.58 Å². The molecule has 143 valence electrons. The molecule has 5 aromatic rings. The Labute approximate surface area is 182 Å². The molecule has 0 N–H and O–H groups in total. The van der Waals surface area contributed by atoms with Gasteiger partial charge in [-0.05, 0) is 53.1 Å². The molecule has 1 heterocycles. The number of pyridine rings is 1. The first-order valence-corrected chi connectivity index (χ1v) is 10.8. The normalized spacial score (nSPS) is 10.8. The van der Waals surface area contributed by atoms with Crippen molar-refractivity contribution >= 4 is 37.6 Å². The van der Waals surface area contributed by atoms with Crippen LogP contribution in [0, 0.1) is 6.92 Å². The Hall–Kier alpha value is -3.32. The molecule has 4 heteroatoms. The molecule has 0 bridgehead atoms. The summed E-state index contributed by atoms with van der Waals surface area (Å²) in [5.74, 6) is 1.57. The molecule has 0 aliphatic heterocycles. The predicted molar refractivity (Wildman–Crippen MR) is 123 cm³/mol. The fourth-order valence-electron chi connectivity index (χ4n) is 3.63. The van der Waals surface area contributed by atoms with Crippen LogP contribution >= 0.6 is 0 Å². The number of benzene rings is 4. The van der Waals surface area contributed by atoms with Crippen molar-refractivity contribution in [3.63, 3.8) is 0 Å². The van der Waals surface area contributed by atoms with Gasteiger partial charge in [-0.2, -0.15) is 0 Å². The molecule has 1 radical (unpaired) electrons. The number of nitrogens with zero attached hydrogens (tertiary/aromatic N) is 1. The minimum absolute atomic E-state index is 0.690. The number of aromatic nitrogens is 1. The SMILES string of the molecule is Cc1ccc2cccc([O][Al][O]c3ccc(-c4cccc5ccccc45)cc3)c2n1. The van der Waals surface area contributed by atoms with Gasteiger partial charge >= 0.3 is 15.9 Å². The van der Waals surface area contributed by atoms with E-state index in [-0.39, 0.29) is 0 Å². The summed E-state index contributed by atoms with van der Waals surface area (Å²) in [5.41, 5.74) is 4.24. The second-order valence-corrected chi connectivity index (χ2v) is 7.83. The van der Waals surface area contributed by atoms with E-state index in [9.17, 15) is 0 Å². The first-order chi connectivity index (χ1) is 14.8. The van der Waals surface area contributed by atoms with Crippen LogP contribution in [-0.4, -0.2) is 20.9 Å². The van der Waals surface area contributed by atoms with Gasteiger partial charge in [0.2, 0.25) is 0 Å². The molecule has 0 fully saturated rings. The molecule has 0 aliphatic carbocycles. The number of aryl methyl sites for hydroxylation is 1. The molecule has 30 heavy (non-hydrogen) atoms. The summed E-state index contributed by atoms with van der Waals surface area (Å²) in [4.78, 5) is 4.60. The summed E-state index contributed by atoms with van der Waals surface area (Å²) in [7, 11) is 0. The largest absolute Gasteiger partial charge is 0.881 e. The highest BCUT2D eigenvalue weighted by atomic mass is 27.2. The molecule has 0 spiro atoms. The zero-order valence-corrected chi connectivity index (χ0v) is 17.7. The van der Waals surface area contributed by atoms with E-state index in [0.717, 1.165) is 28.1 Å². The minimum Gasteiger partial charge on any atom is -0.616 e. The Kier molecular flexibility index (Phi) is 5.11. The van der Waals surface area contributed by atoms with E-state index in [1.165, 1.54) is 21.9 Å². The van der Waals surface area contributed by atoms with Gasteiger partial charge in [-0.1, -0.05) is 72.8 Å². The maximum Gasteiger partial charge on any atom is 0.881 e. The van der Waals surface area contributed by atoms with Crippen molar-refractivity contribution in [3.05, 3.63) is 103 Å². The molecule has 3 nitrogen and oxygen atoms in total. The van der Waals surface area contributed by atoms with E-state index < -0.39 is 15.9 Å². The number of hydrogen-bond donors (Lipinski definition) is 0. The Bertz CT molecular complexity index is 1330. The van der Waals surface area contributed by atoms with E-state index in [2.05, 4.69) is 65.6 Å². The summed E-state index contributed by atoms with van der Waals surface area (Å²) in [5, 5.41) is 3.56. The maximum atomic E-state index is 5.95. The zero-order valence-electron chi connectivity index (χ0n) is 16.6. The first-order valence-electron chi connectivity index (χ1n) is 9.87. The highest BCUT2D eigenvalue weighted by Gasteiger charge is 2.10. The summed E-state index contributed by atoms with van der Waals surface area (Å²) in [6.07, 6.45) is 0. The Morgan fingerprint density at radius 3 is 2.33 bits per heavy atom. The lowest BCUT2D eigenvalue weighted by molar-refractivity contribution is 0.461. The molecular formula is C26H19AlNO2. The van der Waals surface area contributed by atoms with Crippen LogP contribution in [0.1, 0.15) is 5.69 Å². The number of rotatable bonds is 5. The monoisotopic (exact) mass is 404 g/mol. The Morgan fingerprint density at radius 1 is 0.667 bits per heavy atom. The summed E-state index contributed by atoms with van der Waals surface area (Å²) >= 11 is -0.690. The molecular weight excluding hydrogens is 385 g/mol. The minimum atomic E-state index is -0.690. The van der Waals surface area contributed by atoms with Crippen LogP contribution < -0.4 is 7.58 Å².